The molecule has 0 fully saturated rings. The van der Waals surface area contributed by atoms with Crippen LogP contribution >= 0.6 is 24.0 Å². The van der Waals surface area contributed by atoms with E-state index in [0.29, 0.717) is 6.42 Å². The number of carbonyl (C=O) groups excluding carboxylic acids is 1. The van der Waals surface area contributed by atoms with E-state index in [-0.39, 0.29) is 29.9 Å². The fraction of sp³-hybridized carbons (Fsp3) is 0.737. The van der Waals surface area contributed by atoms with Crippen LogP contribution in [-0.4, -0.2) is 48.5 Å². The molecule has 8 heteroatoms. The highest BCUT2D eigenvalue weighted by Gasteiger charge is 2.02. The van der Waals surface area contributed by atoms with Crippen LogP contribution in [0.25, 0.3) is 0 Å². The Kier molecular flexibility index (Phi) is 14.9. The average Bonchev–Trinajstić information content (AvgIpc) is 2.94. The molecule has 27 heavy (non-hydrogen) atoms. The second-order valence-corrected chi connectivity index (χ2v) is 6.43. The van der Waals surface area contributed by atoms with Crippen molar-refractivity contribution in [1.82, 2.24) is 20.4 Å². The summed E-state index contributed by atoms with van der Waals surface area (Å²) in [5, 5.41) is 11.1. The zero-order valence-electron chi connectivity index (χ0n) is 17.2. The molecule has 0 aliphatic heterocycles. The average molecular weight is 493 g/mol. The number of aliphatic imine (C=N–C) groups is 1. The summed E-state index contributed by atoms with van der Waals surface area (Å²) in [5.74, 6) is 0.751. The predicted molar refractivity (Wildman–Crippen MR) is 121 cm³/mol. The van der Waals surface area contributed by atoms with Gasteiger partial charge < -0.3 is 15.4 Å². The molecule has 1 aromatic rings. The number of carbonyl (C=O) groups is 1. The summed E-state index contributed by atoms with van der Waals surface area (Å²) in [5.41, 5.74) is 2.26. The highest BCUT2D eigenvalue weighted by molar-refractivity contribution is 14.0. The van der Waals surface area contributed by atoms with E-state index in [4.69, 9.17) is 0 Å². The number of hydrogen-bond acceptors (Lipinski definition) is 4. The molecule has 1 heterocycles. The van der Waals surface area contributed by atoms with Crippen LogP contribution in [0.15, 0.2) is 11.1 Å². The molecule has 1 rings (SSSR count). The molecule has 156 valence electrons. The Balaban J connectivity index is 0.00000676. The maximum atomic E-state index is 11.0. The van der Waals surface area contributed by atoms with Gasteiger partial charge in [-0.15, -0.1) is 24.0 Å². The molecule has 1 aromatic heterocycles. The van der Waals surface area contributed by atoms with Gasteiger partial charge in [0, 0.05) is 38.3 Å². The van der Waals surface area contributed by atoms with Crippen LogP contribution in [0.5, 0.6) is 0 Å². The number of esters is 1. The van der Waals surface area contributed by atoms with E-state index in [1.165, 1.54) is 12.8 Å². The van der Waals surface area contributed by atoms with Crippen LogP contribution in [0, 0.1) is 13.8 Å². The highest BCUT2D eigenvalue weighted by atomic mass is 127. The van der Waals surface area contributed by atoms with Crippen molar-refractivity contribution in [3.63, 3.8) is 0 Å². The van der Waals surface area contributed by atoms with Crippen molar-refractivity contribution in [3.05, 3.63) is 17.5 Å². The molecule has 0 aliphatic carbocycles. The van der Waals surface area contributed by atoms with Crippen LogP contribution in [0.3, 0.4) is 0 Å². The molecular weight excluding hydrogens is 457 g/mol. The van der Waals surface area contributed by atoms with Crippen LogP contribution in [0.2, 0.25) is 0 Å². The van der Waals surface area contributed by atoms with E-state index in [1.54, 1.807) is 0 Å². The summed E-state index contributed by atoms with van der Waals surface area (Å²) in [6, 6.07) is 2.10. The normalized spacial score (nSPS) is 11.0. The Morgan fingerprint density at radius 1 is 1.19 bits per heavy atom. The van der Waals surface area contributed by atoms with Gasteiger partial charge in [-0.3, -0.25) is 14.5 Å². The van der Waals surface area contributed by atoms with E-state index < -0.39 is 0 Å². The van der Waals surface area contributed by atoms with Gasteiger partial charge in [0.2, 0.25) is 0 Å². The molecule has 0 atom stereocenters. The molecule has 0 amide bonds. The van der Waals surface area contributed by atoms with Gasteiger partial charge >= 0.3 is 5.97 Å². The lowest BCUT2D eigenvalue weighted by Gasteiger charge is -2.11. The quantitative estimate of drug-likeness (QED) is 0.154. The minimum atomic E-state index is -0.120. The number of aryl methyl sites for hydroxylation is 3. The van der Waals surface area contributed by atoms with Crippen LogP contribution in [-0.2, 0) is 16.1 Å². The minimum absolute atomic E-state index is 0. The molecule has 2 N–H and O–H groups in total. The fourth-order valence-electron chi connectivity index (χ4n) is 2.71. The number of nitrogens with zero attached hydrogens (tertiary/aromatic N) is 3. The van der Waals surface area contributed by atoms with E-state index in [1.807, 2.05) is 11.6 Å². The summed E-state index contributed by atoms with van der Waals surface area (Å²) < 4.78 is 6.68. The van der Waals surface area contributed by atoms with Crippen molar-refractivity contribution >= 4 is 35.9 Å². The molecule has 0 spiro atoms. The van der Waals surface area contributed by atoms with Gasteiger partial charge in [0.05, 0.1) is 12.8 Å². The third-order valence-corrected chi connectivity index (χ3v) is 4.07. The second kappa shape index (κ2) is 15.7. The first-order valence-electron chi connectivity index (χ1n) is 9.66. The molecule has 0 saturated heterocycles. The topological polar surface area (TPSA) is 80.5 Å². The maximum absolute atomic E-state index is 11.0. The molecule has 0 aliphatic rings. The summed E-state index contributed by atoms with van der Waals surface area (Å²) >= 11 is 0. The van der Waals surface area contributed by atoms with Crippen LogP contribution in [0.1, 0.15) is 56.8 Å². The summed E-state index contributed by atoms with van der Waals surface area (Å²) in [4.78, 5) is 15.7. The number of nitrogens with one attached hydrogen (secondary N) is 2. The zero-order chi connectivity index (χ0) is 19.2. The van der Waals surface area contributed by atoms with E-state index in [2.05, 4.69) is 45.4 Å². The maximum Gasteiger partial charge on any atom is 0.305 e. The zero-order valence-corrected chi connectivity index (χ0v) is 19.5. The SMILES string of the molecule is CCNC(=NCCCn1nc(C)cc1C)NCCCCCCC(=O)OC.I. The van der Waals surface area contributed by atoms with Crippen molar-refractivity contribution in [2.24, 2.45) is 4.99 Å². The Labute approximate surface area is 180 Å². The van der Waals surface area contributed by atoms with Crippen molar-refractivity contribution in [2.75, 3.05) is 26.7 Å². The largest absolute Gasteiger partial charge is 0.469 e. The Bertz CT molecular complexity index is 560. The summed E-state index contributed by atoms with van der Waals surface area (Å²) in [7, 11) is 1.44. The predicted octanol–water partition coefficient (Wildman–Crippen LogP) is 3.19. The highest BCUT2D eigenvalue weighted by Crippen LogP contribution is 2.04. The Morgan fingerprint density at radius 3 is 2.56 bits per heavy atom. The third kappa shape index (κ3) is 11.9. The number of rotatable bonds is 12. The van der Waals surface area contributed by atoms with Gasteiger partial charge in [-0.05, 0) is 46.1 Å². The van der Waals surface area contributed by atoms with Gasteiger partial charge in [0.25, 0.3) is 0 Å². The van der Waals surface area contributed by atoms with Gasteiger partial charge in [-0.1, -0.05) is 12.8 Å². The van der Waals surface area contributed by atoms with E-state index >= 15 is 0 Å². The minimum Gasteiger partial charge on any atom is -0.469 e. The number of ether oxygens (including phenoxy) is 1. The number of methoxy groups -OCH3 is 1. The Hall–Kier alpha value is -1.32. The standard InChI is InChI=1S/C19H35N5O2.HI/c1-5-20-19(21-12-9-7-6-8-11-18(25)26-4)22-13-10-14-24-17(3)15-16(2)23-24;/h15H,5-14H2,1-4H3,(H2,20,21,22);1H. The molecule has 0 aromatic carbocycles. The number of hydrogen-bond donors (Lipinski definition) is 2. The number of aromatic nitrogens is 2. The van der Waals surface area contributed by atoms with Crippen LogP contribution < -0.4 is 10.6 Å². The lowest BCUT2D eigenvalue weighted by atomic mass is 10.1. The summed E-state index contributed by atoms with van der Waals surface area (Å²) in [6.45, 7) is 9.57. The van der Waals surface area contributed by atoms with Crippen molar-refractivity contribution < 1.29 is 9.53 Å². The molecule has 0 radical (unpaired) electrons. The number of halogens is 1. The van der Waals surface area contributed by atoms with Crippen LogP contribution in [0.4, 0.5) is 0 Å². The molecule has 7 nitrogen and oxygen atoms in total. The van der Waals surface area contributed by atoms with Gasteiger partial charge in [0.1, 0.15) is 0 Å². The first-order valence-corrected chi connectivity index (χ1v) is 9.66. The van der Waals surface area contributed by atoms with Crippen molar-refractivity contribution in [2.45, 2.75) is 65.8 Å². The number of unbranched alkanes of at least 4 members (excludes halogenated alkanes) is 3. The van der Waals surface area contributed by atoms with E-state index in [0.717, 1.165) is 69.9 Å². The van der Waals surface area contributed by atoms with Crippen molar-refractivity contribution in [1.29, 1.82) is 0 Å². The molecule has 0 bridgehead atoms. The first-order chi connectivity index (χ1) is 12.6. The monoisotopic (exact) mass is 493 g/mol. The summed E-state index contributed by atoms with van der Waals surface area (Å²) in [6.07, 6.45) is 5.59. The van der Waals surface area contributed by atoms with Gasteiger partial charge in [0.15, 0.2) is 5.96 Å². The first kappa shape index (κ1) is 25.7. The Morgan fingerprint density at radius 2 is 1.93 bits per heavy atom. The third-order valence-electron chi connectivity index (χ3n) is 4.07. The van der Waals surface area contributed by atoms with Gasteiger partial charge in [-0.25, -0.2) is 0 Å². The lowest BCUT2D eigenvalue weighted by molar-refractivity contribution is -0.140. The number of guanidine groups is 1. The molecule has 0 saturated carbocycles. The second-order valence-electron chi connectivity index (χ2n) is 6.43. The fourth-order valence-corrected chi connectivity index (χ4v) is 2.71. The molecule has 0 unspecified atom stereocenters. The smallest absolute Gasteiger partial charge is 0.305 e. The van der Waals surface area contributed by atoms with Gasteiger partial charge in [-0.2, -0.15) is 5.10 Å². The van der Waals surface area contributed by atoms with Crippen molar-refractivity contribution in [3.8, 4) is 0 Å². The molecular formula is C19H36IN5O2. The van der Waals surface area contributed by atoms with E-state index in [9.17, 15) is 4.79 Å². The lowest BCUT2D eigenvalue weighted by Crippen LogP contribution is -2.37.